The molecule has 0 saturated heterocycles. The minimum absolute atomic E-state index is 0.141. The Morgan fingerprint density at radius 1 is 1.12 bits per heavy atom. The number of benzene rings is 1. The lowest BCUT2D eigenvalue weighted by molar-refractivity contribution is 0.547. The van der Waals surface area contributed by atoms with Gasteiger partial charge in [0.15, 0.2) is 16.9 Å². The van der Waals surface area contributed by atoms with Crippen LogP contribution in [0.25, 0.3) is 22.6 Å². The normalized spacial score (nSPS) is 11.2. The average Bonchev–Trinajstić information content (AvgIpc) is 3.14. The van der Waals surface area contributed by atoms with E-state index in [4.69, 9.17) is 15.9 Å². The number of nitrogens with zero attached hydrogens (tertiary/aromatic N) is 5. The predicted molar refractivity (Wildman–Crippen MR) is 89.9 cm³/mol. The molecule has 0 atom stereocenters. The molecule has 120 valence electrons. The summed E-state index contributed by atoms with van der Waals surface area (Å²) in [4.78, 5) is 8.54. The Morgan fingerprint density at radius 3 is 2.75 bits per heavy atom. The second-order valence-corrected chi connectivity index (χ2v) is 5.51. The molecule has 0 aliphatic carbocycles. The lowest BCUT2D eigenvalue weighted by atomic mass is 10.2. The second-order valence-electron chi connectivity index (χ2n) is 5.51. The van der Waals surface area contributed by atoms with Gasteiger partial charge in [-0.3, -0.25) is 0 Å². The van der Waals surface area contributed by atoms with E-state index < -0.39 is 0 Å². The first-order chi connectivity index (χ1) is 11.6. The van der Waals surface area contributed by atoms with Gasteiger partial charge in [0.2, 0.25) is 5.95 Å². The number of fused-ring (bicyclic) bond motifs is 1. The quantitative estimate of drug-likeness (QED) is 0.553. The van der Waals surface area contributed by atoms with Crippen molar-refractivity contribution < 1.29 is 4.42 Å². The van der Waals surface area contributed by atoms with Crippen molar-refractivity contribution in [3.63, 3.8) is 0 Å². The van der Waals surface area contributed by atoms with Crippen LogP contribution in [-0.2, 0) is 6.54 Å². The number of furan rings is 1. The summed E-state index contributed by atoms with van der Waals surface area (Å²) >= 11 is 0. The summed E-state index contributed by atoms with van der Waals surface area (Å²) in [6, 6.07) is 11.3. The van der Waals surface area contributed by atoms with Crippen LogP contribution in [0.1, 0.15) is 11.3 Å². The fourth-order valence-corrected chi connectivity index (χ4v) is 2.58. The highest BCUT2D eigenvalue weighted by molar-refractivity contribution is 5.86. The summed E-state index contributed by atoms with van der Waals surface area (Å²) in [7, 11) is 0. The maximum absolute atomic E-state index is 5.86. The molecule has 0 aliphatic heterocycles. The van der Waals surface area contributed by atoms with Gasteiger partial charge >= 0.3 is 0 Å². The van der Waals surface area contributed by atoms with Crippen molar-refractivity contribution >= 4 is 22.8 Å². The van der Waals surface area contributed by atoms with Crippen molar-refractivity contribution in [1.82, 2.24) is 25.0 Å². The largest absolute Gasteiger partial charge is 0.460 e. The molecule has 24 heavy (non-hydrogen) atoms. The van der Waals surface area contributed by atoms with E-state index in [0.29, 0.717) is 34.9 Å². The number of aromatic nitrogens is 5. The van der Waals surface area contributed by atoms with Crippen LogP contribution in [0, 0.1) is 6.92 Å². The van der Waals surface area contributed by atoms with E-state index in [1.807, 2.05) is 43.3 Å². The number of nitrogens with two attached hydrogens (primary N) is 2. The van der Waals surface area contributed by atoms with Gasteiger partial charge in [-0.15, -0.1) is 5.10 Å². The van der Waals surface area contributed by atoms with Crippen LogP contribution in [0.5, 0.6) is 0 Å². The summed E-state index contributed by atoms with van der Waals surface area (Å²) in [5.74, 6) is 1.51. The Bertz CT molecular complexity index is 1030. The van der Waals surface area contributed by atoms with Gasteiger partial charge in [0.25, 0.3) is 0 Å². The van der Waals surface area contributed by atoms with E-state index in [1.54, 1.807) is 4.68 Å². The Hall–Kier alpha value is -3.42. The van der Waals surface area contributed by atoms with Crippen LogP contribution in [0.15, 0.2) is 40.8 Å². The molecule has 0 amide bonds. The third-order valence-electron chi connectivity index (χ3n) is 3.64. The average molecular weight is 321 g/mol. The van der Waals surface area contributed by atoms with Crippen molar-refractivity contribution in [2.75, 3.05) is 11.5 Å². The van der Waals surface area contributed by atoms with Crippen LogP contribution in [0.3, 0.4) is 0 Å². The van der Waals surface area contributed by atoms with Gasteiger partial charge < -0.3 is 15.9 Å². The maximum Gasteiger partial charge on any atom is 0.222 e. The summed E-state index contributed by atoms with van der Waals surface area (Å²) < 4.78 is 7.30. The van der Waals surface area contributed by atoms with Crippen molar-refractivity contribution in [2.45, 2.75) is 13.5 Å². The monoisotopic (exact) mass is 321 g/mol. The van der Waals surface area contributed by atoms with Crippen molar-refractivity contribution in [3.05, 3.63) is 47.7 Å². The summed E-state index contributed by atoms with van der Waals surface area (Å²) in [6.45, 7) is 2.34. The number of anilines is 2. The molecule has 8 heteroatoms. The Balaban J connectivity index is 1.83. The topological polar surface area (TPSA) is 122 Å². The van der Waals surface area contributed by atoms with Crippen LogP contribution in [-0.4, -0.2) is 25.0 Å². The van der Waals surface area contributed by atoms with Gasteiger partial charge in [-0.05, 0) is 36.8 Å². The molecule has 0 aliphatic rings. The van der Waals surface area contributed by atoms with Crippen LogP contribution in [0.2, 0.25) is 0 Å². The van der Waals surface area contributed by atoms with E-state index >= 15 is 0 Å². The molecule has 0 fully saturated rings. The first-order valence-corrected chi connectivity index (χ1v) is 7.38. The van der Waals surface area contributed by atoms with E-state index in [9.17, 15) is 0 Å². The number of aryl methyl sites for hydroxylation is 1. The molecule has 0 bridgehead atoms. The Kier molecular flexibility index (Phi) is 3.16. The minimum Gasteiger partial charge on any atom is -0.460 e. The molecule has 4 rings (SSSR count). The molecule has 0 radical (unpaired) electrons. The van der Waals surface area contributed by atoms with Gasteiger partial charge in [0, 0.05) is 5.69 Å². The number of hydrogen-bond donors (Lipinski definition) is 2. The smallest absolute Gasteiger partial charge is 0.222 e. The van der Waals surface area contributed by atoms with E-state index in [2.05, 4.69) is 20.3 Å². The van der Waals surface area contributed by atoms with Crippen LogP contribution >= 0.6 is 0 Å². The second kappa shape index (κ2) is 5.34. The molecule has 0 unspecified atom stereocenters. The minimum atomic E-state index is 0.141. The molecule has 3 heterocycles. The molecule has 3 aromatic heterocycles. The molecule has 0 saturated carbocycles. The van der Waals surface area contributed by atoms with Gasteiger partial charge in [-0.2, -0.15) is 4.98 Å². The van der Waals surface area contributed by atoms with Gasteiger partial charge in [0.1, 0.15) is 11.5 Å². The molecular formula is C16H15N7O. The molecule has 4 N–H and O–H groups in total. The lowest BCUT2D eigenvalue weighted by Gasteiger charge is -2.04. The Labute approximate surface area is 137 Å². The van der Waals surface area contributed by atoms with Crippen LogP contribution < -0.4 is 11.5 Å². The zero-order valence-electron chi connectivity index (χ0n) is 13.0. The predicted octanol–water partition coefficient (Wildman–Crippen LogP) is 2.00. The number of hydrogen-bond acceptors (Lipinski definition) is 7. The lowest BCUT2D eigenvalue weighted by Crippen LogP contribution is -2.05. The molecular weight excluding hydrogens is 306 g/mol. The third kappa shape index (κ3) is 2.43. The highest BCUT2D eigenvalue weighted by Gasteiger charge is 2.17. The molecule has 1 aromatic carbocycles. The highest BCUT2D eigenvalue weighted by Crippen LogP contribution is 2.27. The highest BCUT2D eigenvalue weighted by atomic mass is 16.3. The van der Waals surface area contributed by atoms with Crippen molar-refractivity contribution in [1.29, 1.82) is 0 Å². The SMILES string of the molecule is Cc1ccc(-c2nc(N)nc3c2nnn3Cc2cccc(N)c2)o1. The first-order valence-electron chi connectivity index (χ1n) is 7.38. The molecule has 8 nitrogen and oxygen atoms in total. The van der Waals surface area contributed by atoms with E-state index in [1.165, 1.54) is 0 Å². The fraction of sp³-hybridized carbons (Fsp3) is 0.125. The fourth-order valence-electron chi connectivity index (χ4n) is 2.58. The summed E-state index contributed by atoms with van der Waals surface area (Å²) in [5, 5.41) is 8.39. The molecule has 4 aromatic rings. The molecule has 0 spiro atoms. The maximum atomic E-state index is 5.86. The number of nitrogen functional groups attached to an aromatic ring is 2. The van der Waals surface area contributed by atoms with Gasteiger partial charge in [-0.1, -0.05) is 17.3 Å². The van der Waals surface area contributed by atoms with Gasteiger partial charge in [-0.25, -0.2) is 9.67 Å². The number of rotatable bonds is 3. The zero-order valence-corrected chi connectivity index (χ0v) is 13.0. The standard InChI is InChI=1S/C16H15N7O/c1-9-5-6-12(24-9)13-14-15(20-16(18)19-13)23(22-21-14)8-10-3-2-4-11(17)7-10/h2-7H,8,17H2,1H3,(H2,18,19,20). The zero-order chi connectivity index (χ0) is 16.7. The third-order valence-corrected chi connectivity index (χ3v) is 3.64. The van der Waals surface area contributed by atoms with Crippen LogP contribution in [0.4, 0.5) is 11.6 Å². The van der Waals surface area contributed by atoms with E-state index in [0.717, 1.165) is 11.3 Å². The Morgan fingerprint density at radius 2 is 2.00 bits per heavy atom. The van der Waals surface area contributed by atoms with Gasteiger partial charge in [0.05, 0.1) is 6.54 Å². The first kappa shape index (κ1) is 14.2. The summed E-state index contributed by atoms with van der Waals surface area (Å²) in [5.41, 5.74) is 15.0. The van der Waals surface area contributed by atoms with Crippen molar-refractivity contribution in [2.24, 2.45) is 0 Å². The van der Waals surface area contributed by atoms with E-state index in [-0.39, 0.29) is 5.95 Å². The summed E-state index contributed by atoms with van der Waals surface area (Å²) in [6.07, 6.45) is 0. The van der Waals surface area contributed by atoms with Crippen molar-refractivity contribution in [3.8, 4) is 11.5 Å².